The lowest BCUT2D eigenvalue weighted by Gasteiger charge is -2.34. The SMILES string of the molecule is CC(Cc1cccc(C(F)(F)F)c1)C(=O)N1CCCC[C@@H]1C(=O)O. The monoisotopic (exact) mass is 343 g/mol. The summed E-state index contributed by atoms with van der Waals surface area (Å²) in [5, 5.41) is 9.24. The van der Waals surface area contributed by atoms with E-state index in [2.05, 4.69) is 0 Å². The Morgan fingerprint density at radius 1 is 1.33 bits per heavy atom. The summed E-state index contributed by atoms with van der Waals surface area (Å²) in [5.41, 5.74) is -0.337. The largest absolute Gasteiger partial charge is 0.480 e. The Morgan fingerprint density at radius 2 is 2.04 bits per heavy atom. The molecule has 1 N–H and O–H groups in total. The standard InChI is InChI=1S/C17H20F3NO3/c1-11(9-12-5-4-6-13(10-12)17(18,19)20)15(22)21-8-3-2-7-14(21)16(23)24/h4-6,10-11,14H,2-3,7-9H2,1H3,(H,23,24)/t11?,14-/m1/s1. The predicted octanol–water partition coefficient (Wildman–Crippen LogP) is 3.35. The van der Waals surface area contributed by atoms with Gasteiger partial charge in [-0.25, -0.2) is 4.79 Å². The third-order valence-corrected chi connectivity index (χ3v) is 4.29. The molecule has 0 spiro atoms. The lowest BCUT2D eigenvalue weighted by Crippen LogP contribution is -2.50. The van der Waals surface area contributed by atoms with Crippen molar-refractivity contribution in [1.82, 2.24) is 4.90 Å². The van der Waals surface area contributed by atoms with Crippen LogP contribution in [0.15, 0.2) is 24.3 Å². The average Bonchev–Trinajstić information content (AvgIpc) is 2.53. The van der Waals surface area contributed by atoms with Crippen molar-refractivity contribution >= 4 is 11.9 Å². The second-order valence-electron chi connectivity index (χ2n) is 6.18. The molecule has 1 aromatic rings. The normalized spacial score (nSPS) is 19.8. The molecule has 0 radical (unpaired) electrons. The van der Waals surface area contributed by atoms with Crippen molar-refractivity contribution in [2.45, 2.75) is 44.8 Å². The zero-order chi connectivity index (χ0) is 17.9. The summed E-state index contributed by atoms with van der Waals surface area (Å²) in [5.74, 6) is -1.93. The number of likely N-dealkylation sites (tertiary alicyclic amines) is 1. The number of carbonyl (C=O) groups excluding carboxylic acids is 1. The highest BCUT2D eigenvalue weighted by Crippen LogP contribution is 2.30. The van der Waals surface area contributed by atoms with Gasteiger partial charge in [-0.3, -0.25) is 4.79 Å². The molecule has 7 heteroatoms. The fraction of sp³-hybridized carbons (Fsp3) is 0.529. The highest BCUT2D eigenvalue weighted by molar-refractivity contribution is 5.85. The van der Waals surface area contributed by atoms with Gasteiger partial charge in [-0.2, -0.15) is 13.2 Å². The van der Waals surface area contributed by atoms with Gasteiger partial charge in [-0.05, 0) is 37.3 Å². The molecule has 0 saturated carbocycles. The van der Waals surface area contributed by atoms with Crippen LogP contribution in [-0.4, -0.2) is 34.5 Å². The van der Waals surface area contributed by atoms with Crippen molar-refractivity contribution in [3.63, 3.8) is 0 Å². The highest BCUT2D eigenvalue weighted by Gasteiger charge is 2.34. The Hall–Kier alpha value is -2.05. The minimum absolute atomic E-state index is 0.144. The van der Waals surface area contributed by atoms with Crippen LogP contribution in [0.1, 0.15) is 37.3 Å². The number of carboxylic acids is 1. The van der Waals surface area contributed by atoms with Crippen LogP contribution < -0.4 is 0 Å². The Labute approximate surface area is 138 Å². The van der Waals surface area contributed by atoms with Crippen molar-refractivity contribution < 1.29 is 27.9 Å². The van der Waals surface area contributed by atoms with Gasteiger partial charge in [-0.1, -0.05) is 25.1 Å². The van der Waals surface area contributed by atoms with Crippen molar-refractivity contribution in [3.8, 4) is 0 Å². The van der Waals surface area contributed by atoms with E-state index in [4.69, 9.17) is 0 Å². The summed E-state index contributed by atoms with van der Waals surface area (Å²) in [6.07, 6.45) is -2.37. The Kier molecular flexibility index (Phi) is 5.51. The number of amides is 1. The van der Waals surface area contributed by atoms with Gasteiger partial charge in [0.2, 0.25) is 5.91 Å². The molecule has 0 aromatic heterocycles. The molecule has 0 bridgehead atoms. The molecule has 132 valence electrons. The molecule has 0 aliphatic carbocycles. The third kappa shape index (κ3) is 4.27. The summed E-state index contributed by atoms with van der Waals surface area (Å²) in [6.45, 7) is 2.00. The number of carboxylic acid groups (broad SMARTS) is 1. The number of benzene rings is 1. The highest BCUT2D eigenvalue weighted by atomic mass is 19.4. The number of nitrogens with zero attached hydrogens (tertiary/aromatic N) is 1. The Bertz CT molecular complexity index is 615. The van der Waals surface area contributed by atoms with Gasteiger partial charge in [-0.15, -0.1) is 0 Å². The lowest BCUT2D eigenvalue weighted by molar-refractivity contribution is -0.153. The van der Waals surface area contributed by atoms with Crippen molar-refractivity contribution in [1.29, 1.82) is 0 Å². The van der Waals surface area contributed by atoms with E-state index in [0.29, 0.717) is 18.5 Å². The maximum atomic E-state index is 12.8. The van der Waals surface area contributed by atoms with E-state index in [9.17, 15) is 27.9 Å². The summed E-state index contributed by atoms with van der Waals surface area (Å²) >= 11 is 0. The van der Waals surface area contributed by atoms with Gasteiger partial charge in [0.05, 0.1) is 5.56 Å². The molecule has 1 amide bonds. The second-order valence-corrected chi connectivity index (χ2v) is 6.18. The van der Waals surface area contributed by atoms with Gasteiger partial charge < -0.3 is 10.0 Å². The summed E-state index contributed by atoms with van der Waals surface area (Å²) < 4.78 is 38.3. The molecular weight excluding hydrogens is 323 g/mol. The minimum atomic E-state index is -4.43. The van der Waals surface area contributed by atoms with E-state index in [1.807, 2.05) is 0 Å². The molecule has 24 heavy (non-hydrogen) atoms. The van der Waals surface area contributed by atoms with E-state index in [0.717, 1.165) is 25.0 Å². The van der Waals surface area contributed by atoms with E-state index in [-0.39, 0.29) is 12.3 Å². The first-order valence-electron chi connectivity index (χ1n) is 7.89. The topological polar surface area (TPSA) is 57.6 Å². The van der Waals surface area contributed by atoms with Gasteiger partial charge in [0.1, 0.15) is 6.04 Å². The lowest BCUT2D eigenvalue weighted by atomic mass is 9.95. The molecule has 1 unspecified atom stereocenters. The van der Waals surface area contributed by atoms with Crippen LogP contribution in [0.25, 0.3) is 0 Å². The van der Waals surface area contributed by atoms with E-state index >= 15 is 0 Å². The molecule has 4 nitrogen and oxygen atoms in total. The number of carbonyl (C=O) groups is 2. The van der Waals surface area contributed by atoms with E-state index < -0.39 is 29.7 Å². The molecule has 1 saturated heterocycles. The molecule has 2 atom stereocenters. The van der Waals surface area contributed by atoms with Gasteiger partial charge in [0, 0.05) is 12.5 Å². The smallest absolute Gasteiger partial charge is 0.416 e. The fourth-order valence-corrected chi connectivity index (χ4v) is 3.05. The summed E-state index contributed by atoms with van der Waals surface area (Å²) in [6, 6.07) is 4.05. The predicted molar refractivity (Wildman–Crippen MR) is 81.3 cm³/mol. The fourth-order valence-electron chi connectivity index (χ4n) is 3.05. The van der Waals surface area contributed by atoms with Crippen molar-refractivity contribution in [3.05, 3.63) is 35.4 Å². The van der Waals surface area contributed by atoms with Crippen molar-refractivity contribution in [2.24, 2.45) is 5.92 Å². The maximum absolute atomic E-state index is 12.8. The number of hydrogen-bond donors (Lipinski definition) is 1. The molecule has 1 aromatic carbocycles. The number of halogens is 3. The zero-order valence-corrected chi connectivity index (χ0v) is 13.3. The number of piperidine rings is 1. The Morgan fingerprint density at radius 3 is 2.67 bits per heavy atom. The Balaban J connectivity index is 2.10. The molecule has 2 rings (SSSR count). The molecule has 1 fully saturated rings. The average molecular weight is 343 g/mol. The van der Waals surface area contributed by atoms with Crippen LogP contribution in [0, 0.1) is 5.92 Å². The molecule has 1 heterocycles. The maximum Gasteiger partial charge on any atom is 0.416 e. The number of alkyl halides is 3. The summed E-state index contributed by atoms with van der Waals surface area (Å²) in [7, 11) is 0. The van der Waals surface area contributed by atoms with Crippen LogP contribution in [0.5, 0.6) is 0 Å². The van der Waals surface area contributed by atoms with E-state index in [1.54, 1.807) is 13.0 Å². The van der Waals surface area contributed by atoms with Crippen LogP contribution >= 0.6 is 0 Å². The van der Waals surface area contributed by atoms with Crippen LogP contribution in [0.3, 0.4) is 0 Å². The molecule has 1 aliphatic heterocycles. The number of rotatable bonds is 4. The number of hydrogen-bond acceptors (Lipinski definition) is 2. The first-order valence-corrected chi connectivity index (χ1v) is 7.89. The van der Waals surface area contributed by atoms with Crippen molar-refractivity contribution in [2.75, 3.05) is 6.54 Å². The first-order chi connectivity index (χ1) is 11.2. The second kappa shape index (κ2) is 7.23. The zero-order valence-electron chi connectivity index (χ0n) is 13.3. The van der Waals surface area contributed by atoms with Crippen LogP contribution in [0.2, 0.25) is 0 Å². The van der Waals surface area contributed by atoms with E-state index in [1.165, 1.54) is 11.0 Å². The molecule has 1 aliphatic rings. The summed E-state index contributed by atoms with van der Waals surface area (Å²) in [4.78, 5) is 25.2. The van der Waals surface area contributed by atoms with Gasteiger partial charge >= 0.3 is 12.1 Å². The third-order valence-electron chi connectivity index (χ3n) is 4.29. The van der Waals surface area contributed by atoms with Gasteiger partial charge in [0.15, 0.2) is 0 Å². The van der Waals surface area contributed by atoms with Crippen LogP contribution in [-0.2, 0) is 22.2 Å². The number of aliphatic carboxylic acids is 1. The first kappa shape index (κ1) is 18.3. The quantitative estimate of drug-likeness (QED) is 0.912. The van der Waals surface area contributed by atoms with Crippen LogP contribution in [0.4, 0.5) is 13.2 Å². The minimum Gasteiger partial charge on any atom is -0.480 e. The molecular formula is C17H20F3NO3. The van der Waals surface area contributed by atoms with Gasteiger partial charge in [0.25, 0.3) is 0 Å².